The molecule has 2 aliphatic rings. The summed E-state index contributed by atoms with van der Waals surface area (Å²) in [6, 6.07) is 13.6. The van der Waals surface area contributed by atoms with Gasteiger partial charge in [-0.05, 0) is 60.9 Å². The molecule has 0 N–H and O–H groups in total. The maximum Gasteiger partial charge on any atom is 0.573 e. The molecular weight excluding hydrogens is 453 g/mol. The number of hydrogen-bond acceptors (Lipinski definition) is 4. The number of para-hydroxylation sites is 1. The first kappa shape index (κ1) is 23.9. The predicted molar refractivity (Wildman–Crippen MR) is 121 cm³/mol. The zero-order valence-electron chi connectivity index (χ0n) is 18.6. The molecule has 1 spiro atoms. The first-order valence-electron chi connectivity index (χ1n) is 11.3. The van der Waals surface area contributed by atoms with E-state index in [1.54, 1.807) is 0 Å². The zero-order chi connectivity index (χ0) is 23.7. The smallest absolute Gasteiger partial charge is 0.404 e. The monoisotopic (exact) mass is 482 g/mol. The highest BCUT2D eigenvalue weighted by Crippen LogP contribution is 2.43. The highest BCUT2D eigenvalue weighted by atomic mass is 32.2. The third-order valence-corrected chi connectivity index (χ3v) is 8.69. The van der Waals surface area contributed by atoms with E-state index in [0.29, 0.717) is 12.8 Å². The van der Waals surface area contributed by atoms with Gasteiger partial charge in [0.2, 0.25) is 10.0 Å². The second-order valence-electron chi connectivity index (χ2n) is 8.99. The van der Waals surface area contributed by atoms with E-state index >= 15 is 0 Å². The lowest BCUT2D eigenvalue weighted by Gasteiger charge is -2.38. The molecule has 0 bridgehead atoms. The van der Waals surface area contributed by atoms with Gasteiger partial charge in [0.05, 0.1) is 0 Å². The number of piperidine rings is 1. The van der Waals surface area contributed by atoms with Crippen LogP contribution in [0.5, 0.6) is 5.75 Å². The van der Waals surface area contributed by atoms with Gasteiger partial charge >= 0.3 is 6.36 Å². The summed E-state index contributed by atoms with van der Waals surface area (Å²) in [5, 5.41) is 0. The number of aryl methyl sites for hydroxylation is 1. The van der Waals surface area contributed by atoms with E-state index in [-0.39, 0.29) is 18.5 Å². The molecule has 180 valence electrons. The molecule has 9 heteroatoms. The molecule has 2 aromatic rings. The molecule has 33 heavy (non-hydrogen) atoms. The van der Waals surface area contributed by atoms with E-state index < -0.39 is 27.0 Å². The normalized spacial score (nSPS) is 19.2. The van der Waals surface area contributed by atoms with Crippen molar-refractivity contribution in [1.82, 2.24) is 4.31 Å². The van der Waals surface area contributed by atoms with Crippen LogP contribution in [0.25, 0.3) is 0 Å². The molecule has 2 saturated heterocycles. The van der Waals surface area contributed by atoms with Crippen molar-refractivity contribution >= 4 is 15.7 Å². The van der Waals surface area contributed by atoms with Gasteiger partial charge in [0.25, 0.3) is 0 Å². The van der Waals surface area contributed by atoms with Gasteiger partial charge in [-0.3, -0.25) is 0 Å². The van der Waals surface area contributed by atoms with Crippen LogP contribution in [-0.4, -0.2) is 45.3 Å². The van der Waals surface area contributed by atoms with Gasteiger partial charge in [0.15, 0.2) is 0 Å². The average molecular weight is 483 g/mol. The van der Waals surface area contributed by atoms with E-state index in [4.69, 9.17) is 0 Å². The van der Waals surface area contributed by atoms with Crippen molar-refractivity contribution in [2.45, 2.75) is 50.3 Å². The van der Waals surface area contributed by atoms with Gasteiger partial charge in [-0.15, -0.1) is 13.2 Å². The van der Waals surface area contributed by atoms with E-state index in [0.717, 1.165) is 38.4 Å². The molecule has 0 atom stereocenters. The Hall–Kier alpha value is -2.26. The average Bonchev–Trinajstić information content (AvgIpc) is 3.17. The third kappa shape index (κ3) is 5.30. The van der Waals surface area contributed by atoms with E-state index in [1.165, 1.54) is 33.8 Å². The van der Waals surface area contributed by atoms with Crippen LogP contribution in [0.1, 0.15) is 38.2 Å². The summed E-state index contributed by atoms with van der Waals surface area (Å²) in [5.74, 6) is -0.691. The Balaban J connectivity index is 1.43. The fourth-order valence-corrected chi connectivity index (χ4v) is 6.49. The van der Waals surface area contributed by atoms with E-state index in [1.807, 2.05) is 0 Å². The summed E-state index contributed by atoms with van der Waals surface area (Å²) < 4.78 is 69.8. The SMILES string of the molecule is CCCc1ccc(N2CCC3(CCN(S(=O)(=O)c4ccccc4OC(F)(F)F)CC3)C2)cc1. The van der Waals surface area contributed by atoms with Crippen LogP contribution < -0.4 is 9.64 Å². The molecule has 2 aromatic carbocycles. The predicted octanol–water partition coefficient (Wildman–Crippen LogP) is 5.22. The van der Waals surface area contributed by atoms with Crippen molar-refractivity contribution < 1.29 is 26.3 Å². The van der Waals surface area contributed by atoms with Crippen LogP contribution >= 0.6 is 0 Å². The second kappa shape index (κ2) is 9.18. The second-order valence-corrected chi connectivity index (χ2v) is 10.9. The molecule has 2 fully saturated rings. The summed E-state index contributed by atoms with van der Waals surface area (Å²) >= 11 is 0. The molecule has 0 radical (unpaired) electrons. The topological polar surface area (TPSA) is 49.9 Å². The number of hydrogen-bond donors (Lipinski definition) is 0. The van der Waals surface area contributed by atoms with Crippen molar-refractivity contribution in [2.75, 3.05) is 31.1 Å². The van der Waals surface area contributed by atoms with Gasteiger partial charge in [0.1, 0.15) is 10.6 Å². The summed E-state index contributed by atoms with van der Waals surface area (Å²) in [5.41, 5.74) is 2.53. The lowest BCUT2D eigenvalue weighted by molar-refractivity contribution is -0.275. The highest BCUT2D eigenvalue weighted by Gasteiger charge is 2.44. The Bertz CT molecular complexity index is 1060. The minimum Gasteiger partial charge on any atom is -0.404 e. The quantitative estimate of drug-likeness (QED) is 0.567. The fourth-order valence-electron chi connectivity index (χ4n) is 4.94. The number of benzene rings is 2. The van der Waals surface area contributed by atoms with Crippen molar-refractivity contribution in [2.24, 2.45) is 5.41 Å². The molecule has 5 nitrogen and oxygen atoms in total. The number of anilines is 1. The fraction of sp³-hybridized carbons (Fsp3) is 0.500. The number of sulfonamides is 1. The van der Waals surface area contributed by atoms with Gasteiger partial charge in [0, 0.05) is 31.9 Å². The maximum atomic E-state index is 13.1. The van der Waals surface area contributed by atoms with Crippen molar-refractivity contribution in [3.63, 3.8) is 0 Å². The Labute approximate surface area is 193 Å². The summed E-state index contributed by atoms with van der Waals surface area (Å²) in [6.07, 6.45) is -0.451. The molecule has 2 aliphatic heterocycles. The molecule has 0 saturated carbocycles. The third-order valence-electron chi connectivity index (χ3n) is 6.75. The van der Waals surface area contributed by atoms with Gasteiger partial charge in [-0.1, -0.05) is 37.6 Å². The molecule has 0 aliphatic carbocycles. The van der Waals surface area contributed by atoms with Crippen LogP contribution in [0.3, 0.4) is 0 Å². The summed E-state index contributed by atoms with van der Waals surface area (Å²) in [7, 11) is -4.09. The summed E-state index contributed by atoms with van der Waals surface area (Å²) in [4.78, 5) is 1.91. The standard InChI is InChI=1S/C24H29F3N2O3S/c1-2-5-19-8-10-20(11-9-19)28-15-12-23(18-28)13-16-29(17-14-23)33(30,31)22-7-4-3-6-21(22)32-24(25,26)27/h3-4,6-11H,2,5,12-18H2,1H3. The molecule has 4 rings (SSSR count). The van der Waals surface area contributed by atoms with Crippen molar-refractivity contribution in [3.05, 3.63) is 54.1 Å². The maximum absolute atomic E-state index is 13.1. The molecule has 0 aromatic heterocycles. The van der Waals surface area contributed by atoms with Gasteiger partial charge < -0.3 is 9.64 Å². The van der Waals surface area contributed by atoms with Gasteiger partial charge in [-0.2, -0.15) is 4.31 Å². The lowest BCUT2D eigenvalue weighted by Crippen LogP contribution is -2.44. The minimum absolute atomic E-state index is 0.0239. The van der Waals surface area contributed by atoms with Crippen LogP contribution in [-0.2, 0) is 16.4 Å². The zero-order valence-corrected chi connectivity index (χ0v) is 19.5. The van der Waals surface area contributed by atoms with Crippen LogP contribution in [0, 0.1) is 5.41 Å². The van der Waals surface area contributed by atoms with Crippen LogP contribution in [0.2, 0.25) is 0 Å². The Morgan fingerprint density at radius 3 is 2.24 bits per heavy atom. The Kier molecular flexibility index (Phi) is 6.64. The minimum atomic E-state index is -4.96. The van der Waals surface area contributed by atoms with E-state index in [2.05, 4.69) is 40.8 Å². The number of ether oxygens (including phenoxy) is 1. The van der Waals surface area contributed by atoms with Gasteiger partial charge in [-0.25, -0.2) is 8.42 Å². The summed E-state index contributed by atoms with van der Waals surface area (Å²) in [6.45, 7) is 4.51. The molecule has 0 amide bonds. The Morgan fingerprint density at radius 2 is 1.61 bits per heavy atom. The number of halogens is 3. The van der Waals surface area contributed by atoms with Crippen molar-refractivity contribution in [1.29, 1.82) is 0 Å². The number of alkyl halides is 3. The van der Waals surface area contributed by atoms with E-state index in [9.17, 15) is 21.6 Å². The number of nitrogens with zero attached hydrogens (tertiary/aromatic N) is 2. The molecular formula is C24H29F3N2O3S. The largest absolute Gasteiger partial charge is 0.573 e. The van der Waals surface area contributed by atoms with Crippen molar-refractivity contribution in [3.8, 4) is 5.75 Å². The molecule has 2 heterocycles. The highest BCUT2D eigenvalue weighted by molar-refractivity contribution is 7.89. The Morgan fingerprint density at radius 1 is 0.970 bits per heavy atom. The van der Waals surface area contributed by atoms with Crippen LogP contribution in [0.15, 0.2) is 53.4 Å². The number of rotatable bonds is 6. The van der Waals surface area contributed by atoms with Crippen LogP contribution in [0.4, 0.5) is 18.9 Å². The lowest BCUT2D eigenvalue weighted by atomic mass is 9.78. The molecule has 0 unspecified atom stereocenters. The first-order valence-corrected chi connectivity index (χ1v) is 12.7. The first-order chi connectivity index (χ1) is 15.6.